The Balaban J connectivity index is 0.000000352. The number of piperidine rings is 1. The number of hydrogen-bond donors (Lipinski definition) is 3. The third-order valence-corrected chi connectivity index (χ3v) is 12.6. The Hall–Kier alpha value is -6.66. The summed E-state index contributed by atoms with van der Waals surface area (Å²) in [6.45, 7) is 16.6. The number of benzene rings is 4. The summed E-state index contributed by atoms with van der Waals surface area (Å²) in [7, 11) is 1.71. The molecule has 1 unspecified atom stereocenters. The number of carbonyl (C=O) groups is 7. The molecule has 0 aliphatic carbocycles. The molecule has 5 aromatic rings. The zero-order valence-electron chi connectivity index (χ0n) is 41.2. The van der Waals surface area contributed by atoms with Gasteiger partial charge in [-0.15, -0.1) is 24.3 Å². The average Bonchev–Trinajstić information content (AvgIpc) is 3.60. The molecular formula is C54H58N8O9Y-2. The Morgan fingerprint density at radius 1 is 0.861 bits per heavy atom. The minimum atomic E-state index is -0.918. The first-order valence-electron chi connectivity index (χ1n) is 23.5. The van der Waals surface area contributed by atoms with Crippen molar-refractivity contribution in [2.24, 2.45) is 7.05 Å². The van der Waals surface area contributed by atoms with Crippen molar-refractivity contribution in [2.45, 2.75) is 58.4 Å². The molecule has 1 atom stereocenters. The van der Waals surface area contributed by atoms with Crippen LogP contribution in [0.25, 0.3) is 11.3 Å². The van der Waals surface area contributed by atoms with E-state index >= 15 is 0 Å². The summed E-state index contributed by atoms with van der Waals surface area (Å²) in [5.74, 6) is -2.57. The van der Waals surface area contributed by atoms with Gasteiger partial charge in [0.2, 0.25) is 17.7 Å². The number of hydrogen-bond acceptors (Lipinski definition) is 11. The van der Waals surface area contributed by atoms with E-state index < -0.39 is 23.8 Å². The van der Waals surface area contributed by atoms with Gasteiger partial charge in [-0.3, -0.25) is 39.0 Å². The van der Waals surface area contributed by atoms with E-state index in [2.05, 4.69) is 54.6 Å². The van der Waals surface area contributed by atoms with Crippen molar-refractivity contribution >= 4 is 47.0 Å². The quantitative estimate of drug-likeness (QED) is 0.0850. The second-order valence-corrected chi connectivity index (χ2v) is 18.6. The number of aryl methyl sites for hydroxylation is 1. The number of rotatable bonds is 13. The van der Waals surface area contributed by atoms with E-state index in [-0.39, 0.29) is 91.3 Å². The number of ether oxygens (including phenoxy) is 1. The fourth-order valence-corrected chi connectivity index (χ4v) is 8.50. The molecule has 8 rings (SSSR count). The van der Waals surface area contributed by atoms with Gasteiger partial charge in [-0.25, -0.2) is 4.98 Å². The maximum atomic E-state index is 13.3. The summed E-state index contributed by atoms with van der Waals surface area (Å²) >= 11 is 0. The monoisotopic (exact) mass is 1050 g/mol. The molecule has 3 aliphatic heterocycles. The predicted molar refractivity (Wildman–Crippen MR) is 265 cm³/mol. The molecule has 7 amide bonds. The minimum absolute atomic E-state index is 0. The van der Waals surface area contributed by atoms with Gasteiger partial charge in [0.25, 0.3) is 17.4 Å². The normalized spacial score (nSPS) is 15.7. The van der Waals surface area contributed by atoms with Gasteiger partial charge in [0.15, 0.2) is 5.91 Å². The number of piperazine rings is 1. The number of carbonyl (C=O) groups excluding carboxylic acids is 7. The van der Waals surface area contributed by atoms with Gasteiger partial charge in [-0.05, 0) is 71.3 Å². The van der Waals surface area contributed by atoms with E-state index in [1.54, 1.807) is 19.3 Å². The molecule has 1 radical (unpaired) electrons. The summed E-state index contributed by atoms with van der Waals surface area (Å²) in [4.78, 5) is 107. The Labute approximate surface area is 444 Å². The fraction of sp³-hybridized carbons (Fsp3) is 0.333. The third-order valence-electron chi connectivity index (χ3n) is 12.6. The molecule has 0 bridgehead atoms. The van der Waals surface area contributed by atoms with E-state index in [0.29, 0.717) is 67.5 Å². The fourth-order valence-electron chi connectivity index (χ4n) is 8.50. The van der Waals surface area contributed by atoms with Gasteiger partial charge in [0, 0.05) is 120 Å². The van der Waals surface area contributed by atoms with Crippen molar-refractivity contribution in [1.29, 1.82) is 0 Å². The van der Waals surface area contributed by atoms with Gasteiger partial charge in [0.1, 0.15) is 11.7 Å². The molecule has 0 saturated carbocycles. The van der Waals surface area contributed by atoms with Gasteiger partial charge < -0.3 is 46.3 Å². The van der Waals surface area contributed by atoms with Crippen LogP contribution in [0.3, 0.4) is 0 Å². The second kappa shape index (κ2) is 24.2. The van der Waals surface area contributed by atoms with Gasteiger partial charge >= 0.3 is 0 Å². The van der Waals surface area contributed by atoms with E-state index in [9.17, 15) is 38.4 Å². The van der Waals surface area contributed by atoms with Crippen molar-refractivity contribution < 1.29 is 71.0 Å². The Morgan fingerprint density at radius 3 is 2.19 bits per heavy atom. The summed E-state index contributed by atoms with van der Waals surface area (Å²) in [5.41, 5.74) is 6.76. The number of amides is 7. The standard InChI is InChI=1S/C41H49N6O5.C13H9N2O4.Y/c1-28-34(8-7-9-35(28)44-38(49)31-14-16-33(17-15-31)41(3,4)5)37-27-45(6)40(51)36(43-37)26-30-10-12-32(13-11-30)39(50)47-21-19-46(20-22-47)23-25-52-24-18-42-29(2)48;16-10-6-5-9(11(17)14-10)15-12(18)7-3-1-2-4-8(7)13(15)19;/h7-17,27H,2,18-26H2,1,3-6H3,(H,42,48)(H,44,49);1-3,9H,5-6H2,(H,14,16,17);/q2*-1;. The molecule has 3 aliphatic rings. The number of fused-ring (bicyclic) bond motifs is 1. The van der Waals surface area contributed by atoms with E-state index in [4.69, 9.17) is 9.72 Å². The van der Waals surface area contributed by atoms with Crippen LogP contribution in [0, 0.1) is 19.9 Å². The Morgan fingerprint density at radius 2 is 1.54 bits per heavy atom. The first kappa shape index (κ1) is 54.7. The molecule has 3 N–H and O–H groups in total. The van der Waals surface area contributed by atoms with E-state index in [0.717, 1.165) is 46.8 Å². The van der Waals surface area contributed by atoms with Crippen molar-refractivity contribution in [1.82, 2.24) is 34.9 Å². The van der Waals surface area contributed by atoms with Crippen LogP contribution in [0.1, 0.15) is 97.4 Å². The molecule has 4 aromatic carbocycles. The topological polar surface area (TPSA) is 209 Å². The van der Waals surface area contributed by atoms with Crippen LogP contribution in [0.2, 0.25) is 0 Å². The molecule has 4 heterocycles. The SMILES string of the molecule is O=C1CCC(N2C(=O)c3[c-]cccc3C2=O)C(=O)N1.[CH2-]C(=O)NCCOCCN1CCN(C(=O)c2ccc(Cc3nc(-c4cccc(NC(=O)c5ccc(C(C)(C)C)cc5)c4C)cn(C)c3=O)cc2)CC1.[Y]. The number of imide groups is 2. The van der Waals surface area contributed by atoms with Crippen LogP contribution in [0.4, 0.5) is 5.69 Å². The first-order valence-corrected chi connectivity index (χ1v) is 23.5. The van der Waals surface area contributed by atoms with Crippen molar-refractivity contribution in [2.75, 3.05) is 57.8 Å². The molecule has 18 heteroatoms. The molecular weight excluding hydrogens is 994 g/mol. The third kappa shape index (κ3) is 13.2. The Bertz CT molecular complexity index is 2870. The summed E-state index contributed by atoms with van der Waals surface area (Å²) < 4.78 is 7.10. The van der Waals surface area contributed by atoms with Crippen LogP contribution >= 0.6 is 0 Å². The zero-order valence-corrected chi connectivity index (χ0v) is 44.0. The molecule has 17 nitrogen and oxygen atoms in total. The smallest absolute Gasteiger partial charge is 0.272 e. The van der Waals surface area contributed by atoms with Crippen LogP contribution in [0.5, 0.6) is 0 Å². The number of nitrogens with zero attached hydrogens (tertiary/aromatic N) is 5. The largest absolute Gasteiger partial charge is 0.379 e. The average molecular weight is 1050 g/mol. The Kier molecular flexibility index (Phi) is 18.4. The molecule has 2 saturated heterocycles. The van der Waals surface area contributed by atoms with Crippen LogP contribution in [0.15, 0.2) is 95.9 Å². The predicted octanol–water partition coefficient (Wildman–Crippen LogP) is 4.51. The molecule has 0 spiro atoms. The van der Waals surface area contributed by atoms with E-state index in [1.807, 2.05) is 78.6 Å². The summed E-state index contributed by atoms with van der Waals surface area (Å²) in [6.07, 6.45) is 2.30. The molecule has 72 heavy (non-hydrogen) atoms. The van der Waals surface area contributed by atoms with Crippen molar-refractivity contribution in [3.8, 4) is 11.3 Å². The maximum Gasteiger partial charge on any atom is 0.272 e. The summed E-state index contributed by atoms with van der Waals surface area (Å²) in [6, 6.07) is 27.2. The van der Waals surface area contributed by atoms with Crippen LogP contribution in [-0.2, 0) is 70.7 Å². The van der Waals surface area contributed by atoms with Gasteiger partial charge in [-0.1, -0.05) is 62.7 Å². The number of nitrogens with one attached hydrogen (secondary N) is 3. The van der Waals surface area contributed by atoms with Crippen molar-refractivity contribution in [3.05, 3.63) is 159 Å². The zero-order chi connectivity index (χ0) is 51.0. The minimum Gasteiger partial charge on any atom is -0.379 e. The van der Waals surface area contributed by atoms with Crippen LogP contribution in [-0.4, -0.2) is 124 Å². The van der Waals surface area contributed by atoms with Crippen molar-refractivity contribution in [3.63, 3.8) is 0 Å². The second-order valence-electron chi connectivity index (χ2n) is 18.6. The van der Waals surface area contributed by atoms with Gasteiger partial charge in [0.05, 0.1) is 24.8 Å². The maximum absolute atomic E-state index is 13.3. The molecule has 373 valence electrons. The molecule has 1 aromatic heterocycles. The van der Waals surface area contributed by atoms with E-state index in [1.165, 1.54) is 16.7 Å². The molecule has 2 fully saturated rings. The number of aromatic nitrogens is 2. The first-order chi connectivity index (χ1) is 33.9. The van der Waals surface area contributed by atoms with Gasteiger partial charge in [-0.2, -0.15) is 0 Å². The summed E-state index contributed by atoms with van der Waals surface area (Å²) in [5, 5.41) is 7.79. The van der Waals surface area contributed by atoms with Crippen LogP contribution < -0.4 is 21.5 Å². The number of anilines is 1.